The molecule has 1 aromatic rings. The van der Waals surface area contributed by atoms with E-state index in [0.29, 0.717) is 0 Å². The number of hydrogen-bond donors (Lipinski definition) is 1. The molecular weight excluding hydrogens is 146 g/mol. The van der Waals surface area contributed by atoms with Crippen molar-refractivity contribution in [2.24, 2.45) is 0 Å². The van der Waals surface area contributed by atoms with Gasteiger partial charge in [0.05, 0.1) is 6.20 Å². The van der Waals surface area contributed by atoms with Crippen LogP contribution < -0.4 is 0 Å². The number of nitrogens with one attached hydrogen (secondary N) is 1. The van der Waals surface area contributed by atoms with Crippen molar-refractivity contribution in [3.63, 3.8) is 0 Å². The normalized spacial score (nSPS) is 9.40. The van der Waals surface area contributed by atoms with E-state index in [9.17, 15) is 0 Å². The molecule has 0 fully saturated rings. The first-order chi connectivity index (χ1) is 4.72. The standard InChI is InChI=1S/C6H9N3S/c1-9(2)6(10)5-3-7-8-4-5/h3-4H,1-2H3,(H,7,8). The summed E-state index contributed by atoms with van der Waals surface area (Å²) in [5.41, 5.74) is 0.958. The fourth-order valence-electron chi connectivity index (χ4n) is 0.626. The second-order valence-electron chi connectivity index (χ2n) is 2.19. The molecule has 1 N–H and O–H groups in total. The van der Waals surface area contributed by atoms with E-state index in [1.807, 2.05) is 19.0 Å². The minimum absolute atomic E-state index is 0.800. The Morgan fingerprint density at radius 1 is 1.70 bits per heavy atom. The van der Waals surface area contributed by atoms with Gasteiger partial charge in [0.2, 0.25) is 0 Å². The molecule has 54 valence electrons. The van der Waals surface area contributed by atoms with Gasteiger partial charge in [0.1, 0.15) is 4.99 Å². The Bertz CT molecular complexity index is 215. The Balaban J connectivity index is 2.78. The van der Waals surface area contributed by atoms with E-state index >= 15 is 0 Å². The van der Waals surface area contributed by atoms with Gasteiger partial charge >= 0.3 is 0 Å². The summed E-state index contributed by atoms with van der Waals surface area (Å²) in [4.78, 5) is 2.67. The van der Waals surface area contributed by atoms with Gasteiger partial charge in [0, 0.05) is 25.9 Å². The van der Waals surface area contributed by atoms with Crippen LogP contribution in [-0.2, 0) is 0 Å². The molecule has 0 saturated carbocycles. The summed E-state index contributed by atoms with van der Waals surface area (Å²) in [6, 6.07) is 0. The molecule has 0 aliphatic rings. The van der Waals surface area contributed by atoms with Gasteiger partial charge in [-0.25, -0.2) is 0 Å². The van der Waals surface area contributed by atoms with Crippen molar-refractivity contribution < 1.29 is 0 Å². The van der Waals surface area contributed by atoms with Crippen molar-refractivity contribution in [3.05, 3.63) is 18.0 Å². The van der Waals surface area contributed by atoms with Crippen molar-refractivity contribution in [1.82, 2.24) is 15.1 Å². The van der Waals surface area contributed by atoms with Crippen LogP contribution in [0, 0.1) is 0 Å². The number of H-pyrrole nitrogens is 1. The number of rotatable bonds is 1. The molecular formula is C6H9N3S. The first-order valence-corrected chi connectivity index (χ1v) is 3.33. The zero-order chi connectivity index (χ0) is 7.56. The monoisotopic (exact) mass is 155 g/mol. The Morgan fingerprint density at radius 2 is 2.40 bits per heavy atom. The van der Waals surface area contributed by atoms with Crippen LogP contribution >= 0.6 is 12.2 Å². The second kappa shape index (κ2) is 2.79. The lowest BCUT2D eigenvalue weighted by molar-refractivity contribution is 0.637. The molecule has 0 aliphatic carbocycles. The molecule has 0 aromatic carbocycles. The Kier molecular flexibility index (Phi) is 2.01. The van der Waals surface area contributed by atoms with Crippen molar-refractivity contribution in [1.29, 1.82) is 0 Å². The predicted molar refractivity (Wildman–Crippen MR) is 44.0 cm³/mol. The van der Waals surface area contributed by atoms with Gasteiger partial charge in [0.15, 0.2) is 0 Å². The highest BCUT2D eigenvalue weighted by Gasteiger charge is 2.01. The van der Waals surface area contributed by atoms with Crippen LogP contribution in [0.2, 0.25) is 0 Å². The summed E-state index contributed by atoms with van der Waals surface area (Å²) in [7, 11) is 3.82. The van der Waals surface area contributed by atoms with E-state index in [2.05, 4.69) is 10.2 Å². The topological polar surface area (TPSA) is 31.9 Å². The molecule has 0 amide bonds. The van der Waals surface area contributed by atoms with Crippen LogP contribution in [0.1, 0.15) is 5.56 Å². The molecule has 0 atom stereocenters. The van der Waals surface area contributed by atoms with Crippen molar-refractivity contribution in [2.75, 3.05) is 14.1 Å². The van der Waals surface area contributed by atoms with E-state index in [1.165, 1.54) is 0 Å². The third-order valence-corrected chi connectivity index (χ3v) is 1.75. The van der Waals surface area contributed by atoms with Gasteiger partial charge in [-0.3, -0.25) is 5.10 Å². The molecule has 0 saturated heterocycles. The zero-order valence-corrected chi connectivity index (χ0v) is 6.77. The molecule has 0 unspecified atom stereocenters. The Hall–Kier alpha value is -0.900. The lowest BCUT2D eigenvalue weighted by atomic mass is 10.3. The molecule has 0 aliphatic heterocycles. The maximum absolute atomic E-state index is 5.06. The molecule has 0 spiro atoms. The van der Waals surface area contributed by atoms with Gasteiger partial charge in [-0.2, -0.15) is 5.10 Å². The van der Waals surface area contributed by atoms with Gasteiger partial charge < -0.3 is 4.90 Å². The summed E-state index contributed by atoms with van der Waals surface area (Å²) < 4.78 is 0. The molecule has 10 heavy (non-hydrogen) atoms. The molecule has 0 bridgehead atoms. The predicted octanol–water partition coefficient (Wildman–Crippen LogP) is 0.647. The van der Waals surface area contributed by atoms with Crippen LogP contribution in [0.5, 0.6) is 0 Å². The average molecular weight is 155 g/mol. The van der Waals surface area contributed by atoms with Crippen molar-refractivity contribution >= 4 is 17.2 Å². The molecule has 1 aromatic heterocycles. The summed E-state index contributed by atoms with van der Waals surface area (Å²) >= 11 is 5.06. The Morgan fingerprint density at radius 3 is 2.80 bits per heavy atom. The fourth-order valence-corrected chi connectivity index (χ4v) is 0.738. The number of aromatic amines is 1. The maximum Gasteiger partial charge on any atom is 0.111 e. The lowest BCUT2D eigenvalue weighted by Gasteiger charge is -2.10. The summed E-state index contributed by atoms with van der Waals surface area (Å²) in [6.07, 6.45) is 3.49. The first kappa shape index (κ1) is 7.21. The average Bonchev–Trinajstić information content (AvgIpc) is 2.36. The summed E-state index contributed by atoms with van der Waals surface area (Å²) in [5.74, 6) is 0. The van der Waals surface area contributed by atoms with Crippen LogP contribution in [0.25, 0.3) is 0 Å². The highest BCUT2D eigenvalue weighted by Crippen LogP contribution is 1.98. The van der Waals surface area contributed by atoms with Gasteiger partial charge in [-0.1, -0.05) is 12.2 Å². The van der Waals surface area contributed by atoms with E-state index in [1.54, 1.807) is 12.4 Å². The van der Waals surface area contributed by atoms with Crippen LogP contribution in [0.3, 0.4) is 0 Å². The van der Waals surface area contributed by atoms with Gasteiger partial charge in [-0.05, 0) is 0 Å². The second-order valence-corrected chi connectivity index (χ2v) is 2.57. The molecule has 3 nitrogen and oxygen atoms in total. The van der Waals surface area contributed by atoms with Gasteiger partial charge in [0.25, 0.3) is 0 Å². The van der Waals surface area contributed by atoms with E-state index < -0.39 is 0 Å². The van der Waals surface area contributed by atoms with Crippen LogP contribution in [0.4, 0.5) is 0 Å². The van der Waals surface area contributed by atoms with E-state index in [-0.39, 0.29) is 0 Å². The van der Waals surface area contributed by atoms with Crippen LogP contribution in [-0.4, -0.2) is 34.2 Å². The first-order valence-electron chi connectivity index (χ1n) is 2.92. The highest BCUT2D eigenvalue weighted by atomic mass is 32.1. The maximum atomic E-state index is 5.06. The zero-order valence-electron chi connectivity index (χ0n) is 5.96. The lowest BCUT2D eigenvalue weighted by Crippen LogP contribution is -2.19. The highest BCUT2D eigenvalue weighted by molar-refractivity contribution is 7.80. The number of aromatic nitrogens is 2. The number of thiocarbonyl (C=S) groups is 1. The van der Waals surface area contributed by atoms with Crippen molar-refractivity contribution in [3.8, 4) is 0 Å². The largest absolute Gasteiger partial charge is 0.368 e. The molecule has 1 rings (SSSR count). The smallest absolute Gasteiger partial charge is 0.111 e. The third kappa shape index (κ3) is 1.33. The molecule has 4 heteroatoms. The van der Waals surface area contributed by atoms with Crippen molar-refractivity contribution in [2.45, 2.75) is 0 Å². The Labute approximate surface area is 65.0 Å². The van der Waals surface area contributed by atoms with E-state index in [4.69, 9.17) is 12.2 Å². The third-order valence-electron chi connectivity index (χ3n) is 1.15. The molecule has 1 heterocycles. The minimum atomic E-state index is 0.800. The summed E-state index contributed by atoms with van der Waals surface area (Å²) in [6.45, 7) is 0. The number of nitrogens with zero attached hydrogens (tertiary/aromatic N) is 2. The quantitative estimate of drug-likeness (QED) is 0.604. The minimum Gasteiger partial charge on any atom is -0.368 e. The SMILES string of the molecule is CN(C)C(=S)c1cn[nH]c1. The fraction of sp³-hybridized carbons (Fsp3) is 0.333. The van der Waals surface area contributed by atoms with Gasteiger partial charge in [-0.15, -0.1) is 0 Å². The summed E-state index contributed by atoms with van der Waals surface area (Å²) in [5, 5.41) is 6.49. The number of hydrogen-bond acceptors (Lipinski definition) is 2. The van der Waals surface area contributed by atoms with Crippen LogP contribution in [0.15, 0.2) is 12.4 Å². The molecule has 0 radical (unpaired) electrons. The van der Waals surface area contributed by atoms with E-state index in [0.717, 1.165) is 10.6 Å².